The Morgan fingerprint density at radius 3 is 2.57 bits per heavy atom. The van der Waals surface area contributed by atoms with Gasteiger partial charge in [0.2, 0.25) is 5.91 Å². The monoisotopic (exact) mass is 405 g/mol. The second-order valence-electron chi connectivity index (χ2n) is 5.46. The van der Waals surface area contributed by atoms with Gasteiger partial charge in [-0.2, -0.15) is 0 Å². The van der Waals surface area contributed by atoms with E-state index in [0.717, 1.165) is 0 Å². The zero-order valence-electron chi connectivity index (χ0n) is 15.4. The summed E-state index contributed by atoms with van der Waals surface area (Å²) in [5.74, 6) is -0.0349. The number of ether oxygens (including phenoxy) is 2. The first-order valence-corrected chi connectivity index (χ1v) is 8.67. The van der Waals surface area contributed by atoms with Crippen molar-refractivity contribution >= 4 is 35.3 Å². The summed E-state index contributed by atoms with van der Waals surface area (Å²) in [7, 11) is 1.51. The minimum absolute atomic E-state index is 0.296. The number of carbonyl (C=O) groups excluding carboxylic acids is 2. The van der Waals surface area contributed by atoms with Gasteiger partial charge in [-0.1, -0.05) is 16.8 Å². The van der Waals surface area contributed by atoms with Crippen molar-refractivity contribution in [1.82, 2.24) is 0 Å². The third-order valence-electron chi connectivity index (χ3n) is 3.47. The maximum atomic E-state index is 11.9. The number of benzene rings is 2. The average Bonchev–Trinajstić information content (AvgIpc) is 2.67. The van der Waals surface area contributed by atoms with Gasteiger partial charge in [0.25, 0.3) is 5.91 Å². The van der Waals surface area contributed by atoms with Gasteiger partial charge in [-0.05, 0) is 43.3 Å². The van der Waals surface area contributed by atoms with E-state index in [-0.39, 0.29) is 6.61 Å². The molecule has 0 heterocycles. The lowest BCUT2D eigenvalue weighted by Gasteiger charge is -2.11. The molecular weight excluding hydrogens is 386 g/mol. The van der Waals surface area contributed by atoms with Crippen molar-refractivity contribution in [3.63, 3.8) is 0 Å². The molecule has 0 fully saturated rings. The molecule has 0 aliphatic rings. The molecule has 28 heavy (non-hydrogen) atoms. The smallest absolute Gasteiger partial charge is 0.265 e. The van der Waals surface area contributed by atoms with E-state index >= 15 is 0 Å². The van der Waals surface area contributed by atoms with E-state index in [1.165, 1.54) is 25.5 Å². The van der Waals surface area contributed by atoms with E-state index in [1.54, 1.807) is 24.3 Å². The maximum Gasteiger partial charge on any atom is 0.265 e. The zero-order valence-corrected chi connectivity index (χ0v) is 16.2. The highest BCUT2D eigenvalue weighted by molar-refractivity contribution is 6.32. The fraction of sp³-hybridized carbons (Fsp3) is 0.211. The number of hydrogen-bond donors (Lipinski definition) is 2. The van der Waals surface area contributed by atoms with Crippen LogP contribution in [0.15, 0.2) is 41.6 Å². The van der Waals surface area contributed by atoms with Gasteiger partial charge in [0.05, 0.1) is 25.0 Å². The van der Waals surface area contributed by atoms with Crippen molar-refractivity contribution in [1.29, 1.82) is 0 Å². The van der Waals surface area contributed by atoms with Crippen LogP contribution < -0.4 is 20.5 Å². The second kappa shape index (κ2) is 10.2. The van der Waals surface area contributed by atoms with E-state index < -0.39 is 11.8 Å². The average molecular weight is 406 g/mol. The fourth-order valence-corrected chi connectivity index (χ4v) is 2.48. The Labute approximate surface area is 167 Å². The van der Waals surface area contributed by atoms with Crippen molar-refractivity contribution in [3.8, 4) is 11.5 Å². The second-order valence-corrected chi connectivity index (χ2v) is 5.87. The van der Waals surface area contributed by atoms with E-state index in [9.17, 15) is 9.59 Å². The Hall–Kier alpha value is -3.26. The number of methoxy groups -OCH3 is 1. The molecular formula is C19H20ClN3O5. The Kier molecular flexibility index (Phi) is 7.65. The van der Waals surface area contributed by atoms with Gasteiger partial charge >= 0.3 is 0 Å². The molecule has 2 amide bonds. The van der Waals surface area contributed by atoms with Crippen LogP contribution in [0.3, 0.4) is 0 Å². The zero-order chi connectivity index (χ0) is 20.5. The van der Waals surface area contributed by atoms with Crippen molar-refractivity contribution in [2.24, 2.45) is 10.9 Å². The molecule has 148 valence electrons. The number of primary amides is 1. The van der Waals surface area contributed by atoms with Crippen molar-refractivity contribution < 1.29 is 23.9 Å². The topological polar surface area (TPSA) is 112 Å². The summed E-state index contributed by atoms with van der Waals surface area (Å²) in [5.41, 5.74) is 6.63. The number of rotatable bonds is 9. The number of nitrogens with zero attached hydrogens (tertiary/aromatic N) is 1. The standard InChI is InChI=1S/C19H20ClN3O5/c1-3-27-18-15(20)8-12(9-16(18)26-2)10-22-28-11-17(24)23-14-6-4-13(5-7-14)19(21)25/h4-10H,3,11H2,1-2H3,(H2,21,25)(H,23,24)/b22-10-. The summed E-state index contributed by atoms with van der Waals surface area (Å²) in [4.78, 5) is 27.9. The Balaban J connectivity index is 1.90. The largest absolute Gasteiger partial charge is 0.493 e. The molecule has 8 nitrogen and oxygen atoms in total. The van der Waals surface area contributed by atoms with Gasteiger partial charge in [-0.3, -0.25) is 9.59 Å². The van der Waals surface area contributed by atoms with Crippen LogP contribution in [0.1, 0.15) is 22.8 Å². The molecule has 2 aromatic carbocycles. The number of oxime groups is 1. The van der Waals surface area contributed by atoms with E-state index in [0.29, 0.717) is 39.9 Å². The number of nitrogens with two attached hydrogens (primary N) is 1. The highest BCUT2D eigenvalue weighted by atomic mass is 35.5. The highest BCUT2D eigenvalue weighted by Crippen LogP contribution is 2.35. The molecule has 0 radical (unpaired) electrons. The van der Waals surface area contributed by atoms with Crippen molar-refractivity contribution in [2.45, 2.75) is 6.92 Å². The molecule has 2 aromatic rings. The number of anilines is 1. The minimum Gasteiger partial charge on any atom is -0.493 e. The molecule has 9 heteroatoms. The quantitative estimate of drug-likeness (QED) is 0.492. The molecule has 0 saturated heterocycles. The Morgan fingerprint density at radius 2 is 1.96 bits per heavy atom. The molecule has 0 spiro atoms. The van der Waals surface area contributed by atoms with Gasteiger partial charge in [0.1, 0.15) is 0 Å². The number of amides is 2. The van der Waals surface area contributed by atoms with Gasteiger partial charge in [0, 0.05) is 16.8 Å². The molecule has 3 N–H and O–H groups in total. The first kappa shape index (κ1) is 21.0. The van der Waals surface area contributed by atoms with Crippen LogP contribution in [0.2, 0.25) is 5.02 Å². The lowest BCUT2D eigenvalue weighted by Crippen LogP contribution is -2.17. The molecule has 0 bridgehead atoms. The fourth-order valence-electron chi connectivity index (χ4n) is 2.21. The summed E-state index contributed by atoms with van der Waals surface area (Å²) in [5, 5.41) is 6.73. The number of nitrogens with one attached hydrogen (secondary N) is 1. The predicted molar refractivity (Wildman–Crippen MR) is 106 cm³/mol. The van der Waals surface area contributed by atoms with E-state index in [1.807, 2.05) is 6.92 Å². The van der Waals surface area contributed by atoms with E-state index in [4.69, 9.17) is 31.6 Å². The lowest BCUT2D eigenvalue weighted by molar-refractivity contribution is -0.120. The van der Waals surface area contributed by atoms with Crippen molar-refractivity contribution in [2.75, 3.05) is 25.6 Å². The number of halogens is 1. The van der Waals surface area contributed by atoms with Crippen LogP contribution in [0.25, 0.3) is 0 Å². The van der Waals surface area contributed by atoms with Gasteiger partial charge in [-0.25, -0.2) is 0 Å². The number of hydrogen-bond acceptors (Lipinski definition) is 6. The van der Waals surface area contributed by atoms with Crippen LogP contribution >= 0.6 is 11.6 Å². The predicted octanol–water partition coefficient (Wildman–Crippen LogP) is 2.84. The minimum atomic E-state index is -0.540. The highest BCUT2D eigenvalue weighted by Gasteiger charge is 2.11. The van der Waals surface area contributed by atoms with Crippen LogP contribution in [0, 0.1) is 0 Å². The van der Waals surface area contributed by atoms with Gasteiger partial charge < -0.3 is 25.4 Å². The third-order valence-corrected chi connectivity index (χ3v) is 3.75. The van der Waals surface area contributed by atoms with Gasteiger partial charge in [0.15, 0.2) is 18.1 Å². The molecule has 2 rings (SSSR count). The van der Waals surface area contributed by atoms with E-state index in [2.05, 4.69) is 10.5 Å². The number of carbonyl (C=O) groups is 2. The molecule has 0 unspecified atom stereocenters. The Morgan fingerprint density at radius 1 is 1.25 bits per heavy atom. The molecule has 0 aliphatic carbocycles. The first-order valence-electron chi connectivity index (χ1n) is 8.30. The van der Waals surface area contributed by atoms with Crippen LogP contribution in [0.5, 0.6) is 11.5 Å². The molecule has 0 saturated carbocycles. The lowest BCUT2D eigenvalue weighted by atomic mass is 10.2. The Bertz CT molecular complexity index is 869. The maximum absolute atomic E-state index is 11.9. The summed E-state index contributed by atoms with van der Waals surface area (Å²) >= 11 is 6.18. The molecule has 0 aromatic heterocycles. The van der Waals surface area contributed by atoms with Gasteiger partial charge in [-0.15, -0.1) is 0 Å². The van der Waals surface area contributed by atoms with Crippen LogP contribution in [0.4, 0.5) is 5.69 Å². The summed E-state index contributed by atoms with van der Waals surface area (Å²) < 4.78 is 10.7. The molecule has 0 aliphatic heterocycles. The van der Waals surface area contributed by atoms with Crippen molar-refractivity contribution in [3.05, 3.63) is 52.5 Å². The summed E-state index contributed by atoms with van der Waals surface area (Å²) in [6, 6.07) is 9.48. The van der Waals surface area contributed by atoms with Crippen LogP contribution in [-0.2, 0) is 9.63 Å². The molecule has 0 atom stereocenters. The SMILES string of the molecule is CCOc1c(Cl)cc(/C=N\OCC(=O)Nc2ccc(C(N)=O)cc2)cc1OC. The summed E-state index contributed by atoms with van der Waals surface area (Å²) in [6.07, 6.45) is 1.40. The normalized spacial score (nSPS) is 10.5. The third kappa shape index (κ3) is 5.88. The first-order chi connectivity index (χ1) is 13.4. The van der Waals surface area contributed by atoms with Crippen LogP contribution in [-0.4, -0.2) is 38.4 Å². The summed E-state index contributed by atoms with van der Waals surface area (Å²) in [6.45, 7) is 2.00.